The molecule has 0 aliphatic carbocycles. The molecule has 1 unspecified atom stereocenters. The van der Waals surface area contributed by atoms with Crippen molar-refractivity contribution in [1.29, 1.82) is 0 Å². The maximum Gasteiger partial charge on any atom is 0.236 e. The van der Waals surface area contributed by atoms with Gasteiger partial charge in [0.15, 0.2) is 0 Å². The van der Waals surface area contributed by atoms with Crippen LogP contribution in [-0.4, -0.2) is 73.2 Å². The normalized spacial score (nSPS) is 18.6. The molecule has 17 heavy (non-hydrogen) atoms. The topological polar surface area (TPSA) is 55.8 Å². The summed E-state index contributed by atoms with van der Waals surface area (Å²) < 4.78 is 0. The monoisotopic (exact) mass is 265 g/mol. The molecule has 1 aliphatic heterocycles. The van der Waals surface area contributed by atoms with E-state index in [4.69, 9.17) is 0 Å². The Hall–Kier alpha value is -0.360. The molecule has 0 aromatic carbocycles. The summed E-state index contributed by atoms with van der Waals surface area (Å²) in [4.78, 5) is 15.8. The predicted octanol–water partition coefficient (Wildman–Crippen LogP) is -0.457. The zero-order valence-electron chi connectivity index (χ0n) is 10.7. The number of likely N-dealkylation sites (N-methyl/N-ethyl adjacent to an activating group) is 1. The second-order valence-electron chi connectivity index (χ2n) is 4.19. The number of carbonyl (C=O) groups is 1. The van der Waals surface area contributed by atoms with Gasteiger partial charge in [-0.2, -0.15) is 0 Å². The van der Waals surface area contributed by atoms with Crippen molar-refractivity contribution in [3.05, 3.63) is 0 Å². The Morgan fingerprint density at radius 1 is 1.35 bits per heavy atom. The average molecular weight is 266 g/mol. The van der Waals surface area contributed by atoms with Gasteiger partial charge in [0.05, 0.1) is 13.2 Å². The van der Waals surface area contributed by atoms with Gasteiger partial charge in [0.25, 0.3) is 0 Å². The first kappa shape index (κ1) is 16.6. The van der Waals surface area contributed by atoms with Crippen LogP contribution < -0.4 is 5.32 Å². The molecule has 0 aromatic rings. The van der Waals surface area contributed by atoms with E-state index >= 15 is 0 Å². The molecule has 102 valence electrons. The summed E-state index contributed by atoms with van der Waals surface area (Å²) in [6.45, 7) is 5.99. The van der Waals surface area contributed by atoms with Crippen molar-refractivity contribution in [3.63, 3.8) is 0 Å². The Labute approximate surface area is 110 Å². The van der Waals surface area contributed by atoms with Crippen LogP contribution in [0.25, 0.3) is 0 Å². The highest BCUT2D eigenvalue weighted by atomic mass is 35.5. The van der Waals surface area contributed by atoms with Crippen molar-refractivity contribution >= 4 is 18.3 Å². The highest BCUT2D eigenvalue weighted by molar-refractivity contribution is 5.85. The smallest absolute Gasteiger partial charge is 0.236 e. The molecule has 5 nitrogen and oxygen atoms in total. The standard InChI is InChI=1S/C11H23N3O2.ClH/c1-3-10(9-15)13-4-6-14(7-5-13)11(16)8-12-2;/h10,12,15H,3-9H2,1-2H3;1H. The first-order valence-electron chi connectivity index (χ1n) is 6.00. The lowest BCUT2D eigenvalue weighted by atomic mass is 10.1. The molecule has 0 radical (unpaired) electrons. The number of rotatable bonds is 5. The van der Waals surface area contributed by atoms with E-state index in [0.29, 0.717) is 6.54 Å². The summed E-state index contributed by atoms with van der Waals surface area (Å²) >= 11 is 0. The summed E-state index contributed by atoms with van der Waals surface area (Å²) in [5, 5.41) is 12.1. The molecule has 1 fully saturated rings. The molecule has 0 saturated carbocycles. The van der Waals surface area contributed by atoms with Gasteiger partial charge in [0.2, 0.25) is 5.91 Å². The van der Waals surface area contributed by atoms with Crippen LogP contribution in [0.1, 0.15) is 13.3 Å². The van der Waals surface area contributed by atoms with E-state index in [2.05, 4.69) is 17.1 Å². The van der Waals surface area contributed by atoms with Crippen molar-refractivity contribution in [1.82, 2.24) is 15.1 Å². The van der Waals surface area contributed by atoms with Gasteiger partial charge in [-0.3, -0.25) is 9.69 Å². The lowest BCUT2D eigenvalue weighted by molar-refractivity contribution is -0.132. The van der Waals surface area contributed by atoms with Gasteiger partial charge in [-0.1, -0.05) is 6.92 Å². The number of nitrogens with one attached hydrogen (secondary N) is 1. The summed E-state index contributed by atoms with van der Waals surface area (Å²) in [5.41, 5.74) is 0. The molecule has 1 rings (SSSR count). The quantitative estimate of drug-likeness (QED) is 0.707. The molecule has 1 aliphatic rings. The van der Waals surface area contributed by atoms with Crippen molar-refractivity contribution in [2.24, 2.45) is 0 Å². The van der Waals surface area contributed by atoms with Gasteiger partial charge in [-0.15, -0.1) is 12.4 Å². The van der Waals surface area contributed by atoms with Crippen molar-refractivity contribution < 1.29 is 9.90 Å². The maximum atomic E-state index is 11.6. The Bertz CT molecular complexity index is 217. The summed E-state index contributed by atoms with van der Waals surface area (Å²) in [6.07, 6.45) is 0.959. The van der Waals surface area contributed by atoms with E-state index < -0.39 is 0 Å². The van der Waals surface area contributed by atoms with Gasteiger partial charge >= 0.3 is 0 Å². The van der Waals surface area contributed by atoms with Crippen molar-refractivity contribution in [2.75, 3.05) is 46.4 Å². The molecule has 1 heterocycles. The van der Waals surface area contributed by atoms with Crippen LogP contribution in [0.3, 0.4) is 0 Å². The molecule has 1 atom stereocenters. The summed E-state index contributed by atoms with van der Waals surface area (Å²) in [6, 6.07) is 0.251. The number of amides is 1. The fraction of sp³-hybridized carbons (Fsp3) is 0.909. The lowest BCUT2D eigenvalue weighted by Gasteiger charge is -2.38. The molecule has 1 amide bonds. The number of piperazine rings is 1. The first-order valence-corrected chi connectivity index (χ1v) is 6.00. The predicted molar refractivity (Wildman–Crippen MR) is 70.5 cm³/mol. The Kier molecular flexibility index (Phi) is 8.51. The SMILES string of the molecule is CCC(CO)N1CCN(C(=O)CNC)CC1.Cl. The van der Waals surface area contributed by atoms with Crippen LogP contribution in [0.5, 0.6) is 0 Å². The second-order valence-corrected chi connectivity index (χ2v) is 4.19. The molecule has 6 heteroatoms. The van der Waals surface area contributed by atoms with Gasteiger partial charge in [-0.25, -0.2) is 0 Å². The van der Waals surface area contributed by atoms with Crippen LogP contribution in [0.2, 0.25) is 0 Å². The van der Waals surface area contributed by atoms with Crippen LogP contribution >= 0.6 is 12.4 Å². The summed E-state index contributed by atoms with van der Waals surface area (Å²) in [5.74, 6) is 0.166. The van der Waals surface area contributed by atoms with Gasteiger partial charge < -0.3 is 15.3 Å². The van der Waals surface area contributed by atoms with E-state index in [0.717, 1.165) is 32.6 Å². The Morgan fingerprint density at radius 3 is 2.35 bits per heavy atom. The molecule has 0 bridgehead atoms. The Balaban J connectivity index is 0.00000256. The Morgan fingerprint density at radius 2 is 1.94 bits per heavy atom. The van der Waals surface area contributed by atoms with Crippen LogP contribution in [0.4, 0.5) is 0 Å². The third kappa shape index (κ3) is 4.79. The maximum absolute atomic E-state index is 11.6. The van der Waals surface area contributed by atoms with Crippen LogP contribution in [-0.2, 0) is 4.79 Å². The highest BCUT2D eigenvalue weighted by Gasteiger charge is 2.24. The highest BCUT2D eigenvalue weighted by Crippen LogP contribution is 2.08. The second kappa shape index (κ2) is 8.69. The summed E-state index contributed by atoms with van der Waals surface area (Å²) in [7, 11) is 1.78. The number of carbonyl (C=O) groups excluding carboxylic acids is 1. The molecule has 0 spiro atoms. The minimum atomic E-state index is 0. The minimum absolute atomic E-state index is 0. The lowest BCUT2D eigenvalue weighted by Crippen LogP contribution is -2.53. The van der Waals surface area contributed by atoms with E-state index in [1.54, 1.807) is 7.05 Å². The molecular weight excluding hydrogens is 242 g/mol. The fourth-order valence-corrected chi connectivity index (χ4v) is 2.10. The van der Waals surface area contributed by atoms with Gasteiger partial charge in [0.1, 0.15) is 0 Å². The first-order chi connectivity index (χ1) is 7.72. The van der Waals surface area contributed by atoms with E-state index in [1.165, 1.54) is 0 Å². The van der Waals surface area contributed by atoms with Crippen LogP contribution in [0, 0.1) is 0 Å². The number of aliphatic hydroxyl groups excluding tert-OH is 1. The van der Waals surface area contributed by atoms with E-state index in [1.807, 2.05) is 4.90 Å². The zero-order valence-corrected chi connectivity index (χ0v) is 11.5. The molecule has 1 saturated heterocycles. The van der Waals surface area contributed by atoms with Gasteiger partial charge in [0, 0.05) is 32.2 Å². The van der Waals surface area contributed by atoms with Crippen LogP contribution in [0.15, 0.2) is 0 Å². The van der Waals surface area contributed by atoms with Crippen molar-refractivity contribution in [2.45, 2.75) is 19.4 Å². The van der Waals surface area contributed by atoms with E-state index in [-0.39, 0.29) is 31.0 Å². The third-order valence-electron chi connectivity index (χ3n) is 3.19. The molecule has 0 aromatic heterocycles. The molecular formula is C11H24ClN3O2. The largest absolute Gasteiger partial charge is 0.395 e. The number of nitrogens with zero attached hydrogens (tertiary/aromatic N) is 2. The number of hydrogen-bond donors (Lipinski definition) is 2. The van der Waals surface area contributed by atoms with Crippen molar-refractivity contribution in [3.8, 4) is 0 Å². The minimum Gasteiger partial charge on any atom is -0.395 e. The van der Waals surface area contributed by atoms with E-state index in [9.17, 15) is 9.90 Å². The number of hydrogen-bond acceptors (Lipinski definition) is 4. The number of halogens is 1. The third-order valence-corrected chi connectivity index (χ3v) is 3.19. The van der Waals surface area contributed by atoms with Gasteiger partial charge in [-0.05, 0) is 13.5 Å². The fourth-order valence-electron chi connectivity index (χ4n) is 2.10. The molecule has 2 N–H and O–H groups in total. The number of aliphatic hydroxyl groups is 1. The zero-order chi connectivity index (χ0) is 12.0. The average Bonchev–Trinajstić information content (AvgIpc) is 2.32.